The highest BCUT2D eigenvalue weighted by Crippen LogP contribution is 2.22. The number of hydrogen-bond acceptors (Lipinski definition) is 2. The van der Waals surface area contributed by atoms with Crippen LogP contribution in [0.25, 0.3) is 0 Å². The molecular weight excluding hydrogens is 246 g/mol. The molecule has 2 rings (SSSR count). The first kappa shape index (κ1) is 12.8. The molecule has 0 atom stereocenters. The molecule has 2 nitrogen and oxygen atoms in total. The molecule has 0 saturated heterocycles. The van der Waals surface area contributed by atoms with Crippen molar-refractivity contribution >= 4 is 17.3 Å². The molecule has 0 heterocycles. The van der Waals surface area contributed by atoms with Gasteiger partial charge in [-0.2, -0.15) is 0 Å². The van der Waals surface area contributed by atoms with Gasteiger partial charge in [0, 0.05) is 22.8 Å². The van der Waals surface area contributed by atoms with Gasteiger partial charge in [-0.25, -0.2) is 0 Å². The largest absolute Gasteiger partial charge is 0.496 e. The minimum atomic E-state index is 0.713. The fraction of sp³-hybridized carbons (Fsp3) is 0.200. The first-order valence-corrected chi connectivity index (χ1v) is 6.20. The summed E-state index contributed by atoms with van der Waals surface area (Å²) in [5, 5.41) is 4.07. The van der Waals surface area contributed by atoms with Crippen LogP contribution in [0.4, 0.5) is 5.69 Å². The van der Waals surface area contributed by atoms with Gasteiger partial charge in [-0.1, -0.05) is 35.4 Å². The molecule has 0 bridgehead atoms. The molecule has 0 aliphatic carbocycles. The van der Waals surface area contributed by atoms with E-state index in [9.17, 15) is 0 Å². The van der Waals surface area contributed by atoms with Gasteiger partial charge >= 0.3 is 0 Å². The second kappa shape index (κ2) is 5.78. The normalized spacial score (nSPS) is 10.2. The van der Waals surface area contributed by atoms with Crippen molar-refractivity contribution in [3.8, 4) is 5.75 Å². The van der Waals surface area contributed by atoms with Gasteiger partial charge in [0.2, 0.25) is 0 Å². The number of aryl methyl sites for hydroxylation is 1. The van der Waals surface area contributed by atoms with Gasteiger partial charge in [0.15, 0.2) is 0 Å². The van der Waals surface area contributed by atoms with Crippen LogP contribution >= 0.6 is 11.6 Å². The standard InChI is InChI=1S/C15H16ClNO/c1-11-6-7-15(18-2)12(8-11)10-17-14-5-3-4-13(16)9-14/h3-9,17H,10H2,1-2H3. The quantitative estimate of drug-likeness (QED) is 0.888. The third-order valence-electron chi connectivity index (χ3n) is 2.74. The minimum Gasteiger partial charge on any atom is -0.496 e. The summed E-state index contributed by atoms with van der Waals surface area (Å²) in [6.07, 6.45) is 0. The van der Waals surface area contributed by atoms with E-state index in [4.69, 9.17) is 16.3 Å². The van der Waals surface area contributed by atoms with Gasteiger partial charge in [-0.15, -0.1) is 0 Å². The number of anilines is 1. The number of halogens is 1. The SMILES string of the molecule is COc1ccc(C)cc1CNc1cccc(Cl)c1. The first-order chi connectivity index (χ1) is 8.69. The van der Waals surface area contributed by atoms with Crippen molar-refractivity contribution in [3.05, 3.63) is 58.6 Å². The Labute approximate surface area is 113 Å². The topological polar surface area (TPSA) is 21.3 Å². The van der Waals surface area contributed by atoms with Gasteiger partial charge < -0.3 is 10.1 Å². The molecule has 0 radical (unpaired) electrons. The fourth-order valence-electron chi connectivity index (χ4n) is 1.84. The molecular formula is C15H16ClNO. The maximum absolute atomic E-state index is 5.95. The predicted molar refractivity (Wildman–Crippen MR) is 76.5 cm³/mol. The van der Waals surface area contributed by atoms with Crippen LogP contribution in [0.2, 0.25) is 5.02 Å². The monoisotopic (exact) mass is 261 g/mol. The average molecular weight is 262 g/mol. The molecule has 1 N–H and O–H groups in total. The van der Waals surface area contributed by atoms with Crippen LogP contribution in [-0.2, 0) is 6.54 Å². The van der Waals surface area contributed by atoms with E-state index in [1.54, 1.807) is 7.11 Å². The summed E-state index contributed by atoms with van der Waals surface area (Å²) < 4.78 is 5.35. The first-order valence-electron chi connectivity index (χ1n) is 5.82. The summed E-state index contributed by atoms with van der Waals surface area (Å²) >= 11 is 5.95. The maximum Gasteiger partial charge on any atom is 0.123 e. The van der Waals surface area contributed by atoms with Crippen molar-refractivity contribution in [1.82, 2.24) is 0 Å². The Morgan fingerprint density at radius 2 is 2.00 bits per heavy atom. The van der Waals surface area contributed by atoms with Crippen LogP contribution in [-0.4, -0.2) is 7.11 Å². The molecule has 0 fully saturated rings. The molecule has 0 unspecified atom stereocenters. The van der Waals surface area contributed by atoms with E-state index < -0.39 is 0 Å². The molecule has 18 heavy (non-hydrogen) atoms. The molecule has 3 heteroatoms. The second-order valence-electron chi connectivity index (χ2n) is 4.18. The van der Waals surface area contributed by atoms with Crippen LogP contribution in [0.5, 0.6) is 5.75 Å². The highest BCUT2D eigenvalue weighted by Gasteiger charge is 2.03. The zero-order chi connectivity index (χ0) is 13.0. The zero-order valence-electron chi connectivity index (χ0n) is 10.5. The van der Waals surface area contributed by atoms with Crippen LogP contribution in [0.1, 0.15) is 11.1 Å². The summed E-state index contributed by atoms with van der Waals surface area (Å²) in [5.74, 6) is 0.898. The average Bonchev–Trinajstić information content (AvgIpc) is 2.37. The van der Waals surface area contributed by atoms with Gasteiger partial charge in [-0.05, 0) is 31.2 Å². The number of nitrogens with one attached hydrogen (secondary N) is 1. The van der Waals surface area contributed by atoms with Crippen LogP contribution in [0.15, 0.2) is 42.5 Å². The van der Waals surface area contributed by atoms with Gasteiger partial charge in [-0.3, -0.25) is 0 Å². The molecule has 0 saturated carbocycles. The predicted octanol–water partition coefficient (Wildman–Crippen LogP) is 4.27. The van der Waals surface area contributed by atoms with Gasteiger partial charge in [0.1, 0.15) is 5.75 Å². The van der Waals surface area contributed by atoms with Gasteiger partial charge in [0.05, 0.1) is 7.11 Å². The van der Waals surface area contributed by atoms with Crippen LogP contribution < -0.4 is 10.1 Å². The molecule has 0 spiro atoms. The van der Waals surface area contributed by atoms with E-state index in [2.05, 4.69) is 18.3 Å². The highest BCUT2D eigenvalue weighted by molar-refractivity contribution is 6.30. The third-order valence-corrected chi connectivity index (χ3v) is 2.98. The molecule has 0 aliphatic rings. The second-order valence-corrected chi connectivity index (χ2v) is 4.62. The van der Waals surface area contributed by atoms with Crippen molar-refractivity contribution in [1.29, 1.82) is 0 Å². The zero-order valence-corrected chi connectivity index (χ0v) is 11.3. The molecule has 0 aliphatic heterocycles. The molecule has 0 aromatic heterocycles. The summed E-state index contributed by atoms with van der Waals surface area (Å²) in [5.41, 5.74) is 3.36. The minimum absolute atomic E-state index is 0.713. The van der Waals surface area contributed by atoms with Crippen molar-refractivity contribution in [2.24, 2.45) is 0 Å². The lowest BCUT2D eigenvalue weighted by Crippen LogP contribution is -2.02. The summed E-state index contributed by atoms with van der Waals surface area (Å²) in [7, 11) is 1.69. The lowest BCUT2D eigenvalue weighted by molar-refractivity contribution is 0.410. The smallest absolute Gasteiger partial charge is 0.123 e. The number of ether oxygens (including phenoxy) is 1. The molecule has 2 aromatic carbocycles. The van der Waals surface area contributed by atoms with Crippen molar-refractivity contribution in [2.75, 3.05) is 12.4 Å². The van der Waals surface area contributed by atoms with Gasteiger partial charge in [0.25, 0.3) is 0 Å². The Morgan fingerprint density at radius 3 is 2.72 bits per heavy atom. The molecule has 0 amide bonds. The maximum atomic E-state index is 5.95. The number of methoxy groups -OCH3 is 1. The van der Waals surface area contributed by atoms with Crippen molar-refractivity contribution in [3.63, 3.8) is 0 Å². The highest BCUT2D eigenvalue weighted by atomic mass is 35.5. The summed E-state index contributed by atoms with van der Waals surface area (Å²) in [6.45, 7) is 2.79. The van der Waals surface area contributed by atoms with Crippen molar-refractivity contribution in [2.45, 2.75) is 13.5 Å². The Bertz CT molecular complexity index is 540. The van der Waals surface area contributed by atoms with E-state index in [1.165, 1.54) is 5.56 Å². The Hall–Kier alpha value is -1.67. The fourth-order valence-corrected chi connectivity index (χ4v) is 2.03. The number of rotatable bonds is 4. The Balaban J connectivity index is 2.12. The Morgan fingerprint density at radius 1 is 1.17 bits per heavy atom. The lowest BCUT2D eigenvalue weighted by atomic mass is 10.1. The lowest BCUT2D eigenvalue weighted by Gasteiger charge is -2.11. The molecule has 94 valence electrons. The summed E-state index contributed by atoms with van der Waals surface area (Å²) in [6, 6.07) is 13.8. The molecule has 2 aromatic rings. The van der Waals surface area contributed by atoms with E-state index >= 15 is 0 Å². The van der Waals surface area contributed by atoms with E-state index in [0.717, 1.165) is 22.0 Å². The van der Waals surface area contributed by atoms with Crippen LogP contribution in [0, 0.1) is 6.92 Å². The third kappa shape index (κ3) is 3.17. The van der Waals surface area contributed by atoms with E-state index in [1.807, 2.05) is 36.4 Å². The van der Waals surface area contributed by atoms with E-state index in [0.29, 0.717) is 6.54 Å². The van der Waals surface area contributed by atoms with Crippen molar-refractivity contribution < 1.29 is 4.74 Å². The Kier molecular flexibility index (Phi) is 4.11. The number of benzene rings is 2. The van der Waals surface area contributed by atoms with Crippen LogP contribution in [0.3, 0.4) is 0 Å². The summed E-state index contributed by atoms with van der Waals surface area (Å²) in [4.78, 5) is 0. The number of hydrogen-bond donors (Lipinski definition) is 1. The van der Waals surface area contributed by atoms with E-state index in [-0.39, 0.29) is 0 Å².